The molecule has 0 atom stereocenters. The van der Waals surface area contributed by atoms with E-state index in [1.807, 2.05) is 4.68 Å². The predicted molar refractivity (Wildman–Crippen MR) is 63.4 cm³/mol. The van der Waals surface area contributed by atoms with E-state index in [0.29, 0.717) is 17.7 Å². The van der Waals surface area contributed by atoms with E-state index in [2.05, 4.69) is 10.3 Å². The highest BCUT2D eigenvalue weighted by molar-refractivity contribution is 8.13. The summed E-state index contributed by atoms with van der Waals surface area (Å²) in [5.41, 5.74) is 1.57. The van der Waals surface area contributed by atoms with Crippen LogP contribution in [0, 0.1) is 0 Å². The Morgan fingerprint density at radius 3 is 2.47 bits per heavy atom. The molecule has 0 spiro atoms. The standard InChI is InChI=1S/C10H14ClN3O2S/c11-17(15,16)6-9-10(7-2-1-3-7)14(13-12-9)8-4-5-8/h7-8H,1-6H2. The molecule has 2 aliphatic carbocycles. The zero-order chi connectivity index (χ0) is 12.0. The second-order valence-electron chi connectivity index (χ2n) is 4.91. The Hall–Kier alpha value is -0.620. The van der Waals surface area contributed by atoms with Crippen molar-refractivity contribution in [3.8, 4) is 0 Å². The van der Waals surface area contributed by atoms with E-state index in [1.165, 1.54) is 6.42 Å². The van der Waals surface area contributed by atoms with Crippen molar-refractivity contribution in [3.63, 3.8) is 0 Å². The third kappa shape index (κ3) is 2.33. The Morgan fingerprint density at radius 1 is 1.29 bits per heavy atom. The summed E-state index contributed by atoms with van der Waals surface area (Å²) in [6.45, 7) is 0. The Morgan fingerprint density at radius 2 is 2.00 bits per heavy atom. The number of nitrogens with zero attached hydrogens (tertiary/aromatic N) is 3. The van der Waals surface area contributed by atoms with Crippen molar-refractivity contribution in [2.45, 2.75) is 49.8 Å². The molecule has 94 valence electrons. The summed E-state index contributed by atoms with van der Waals surface area (Å²) in [7, 11) is 1.75. The zero-order valence-electron chi connectivity index (χ0n) is 9.34. The van der Waals surface area contributed by atoms with Gasteiger partial charge in [-0.05, 0) is 25.7 Å². The van der Waals surface area contributed by atoms with Gasteiger partial charge in [0.25, 0.3) is 0 Å². The Kier molecular flexibility index (Phi) is 2.66. The third-order valence-corrected chi connectivity index (χ3v) is 4.44. The lowest BCUT2D eigenvalue weighted by Gasteiger charge is -2.26. The van der Waals surface area contributed by atoms with Gasteiger partial charge in [0.2, 0.25) is 9.05 Å². The first-order valence-electron chi connectivity index (χ1n) is 5.91. The van der Waals surface area contributed by atoms with E-state index in [1.54, 1.807) is 0 Å². The molecule has 1 aromatic heterocycles. The molecular weight excluding hydrogens is 262 g/mol. The summed E-state index contributed by atoms with van der Waals surface area (Å²) in [5.74, 6) is 0.228. The molecule has 0 N–H and O–H groups in total. The van der Waals surface area contributed by atoms with Crippen LogP contribution >= 0.6 is 10.7 Å². The minimum absolute atomic E-state index is 0.201. The van der Waals surface area contributed by atoms with E-state index in [0.717, 1.165) is 31.4 Å². The maximum absolute atomic E-state index is 11.2. The fourth-order valence-electron chi connectivity index (χ4n) is 2.29. The summed E-state index contributed by atoms with van der Waals surface area (Å²) in [4.78, 5) is 0. The molecule has 0 saturated heterocycles. The topological polar surface area (TPSA) is 64.8 Å². The van der Waals surface area contributed by atoms with Crippen LogP contribution in [-0.2, 0) is 14.8 Å². The van der Waals surface area contributed by atoms with Gasteiger partial charge >= 0.3 is 0 Å². The summed E-state index contributed by atoms with van der Waals surface area (Å²) in [6, 6.07) is 0.435. The van der Waals surface area contributed by atoms with Crippen LogP contribution in [0.4, 0.5) is 0 Å². The summed E-state index contributed by atoms with van der Waals surface area (Å²) in [5, 5.41) is 8.12. The molecule has 0 bridgehead atoms. The molecule has 17 heavy (non-hydrogen) atoms. The molecule has 1 aromatic rings. The van der Waals surface area contributed by atoms with Crippen molar-refractivity contribution in [1.82, 2.24) is 15.0 Å². The van der Waals surface area contributed by atoms with Crippen LogP contribution in [-0.4, -0.2) is 23.4 Å². The van der Waals surface area contributed by atoms with Crippen LogP contribution in [0.2, 0.25) is 0 Å². The van der Waals surface area contributed by atoms with Crippen molar-refractivity contribution < 1.29 is 8.42 Å². The highest BCUT2D eigenvalue weighted by atomic mass is 35.7. The fraction of sp³-hybridized carbons (Fsp3) is 0.800. The van der Waals surface area contributed by atoms with E-state index >= 15 is 0 Å². The Bertz CT molecular complexity index is 532. The summed E-state index contributed by atoms with van der Waals surface area (Å²) < 4.78 is 24.3. The van der Waals surface area contributed by atoms with Crippen molar-refractivity contribution in [3.05, 3.63) is 11.4 Å². The van der Waals surface area contributed by atoms with E-state index in [4.69, 9.17) is 10.7 Å². The fourth-order valence-corrected chi connectivity index (χ4v) is 3.14. The summed E-state index contributed by atoms with van der Waals surface area (Å²) >= 11 is 0. The molecule has 1 heterocycles. The molecule has 0 unspecified atom stereocenters. The molecule has 2 aliphatic rings. The highest BCUT2D eigenvalue weighted by Gasteiger charge is 2.35. The molecule has 2 saturated carbocycles. The van der Waals surface area contributed by atoms with Gasteiger partial charge in [0.05, 0.1) is 11.7 Å². The number of aromatic nitrogens is 3. The average Bonchev–Trinajstić information content (AvgIpc) is 2.89. The molecule has 0 aromatic carbocycles. The quantitative estimate of drug-likeness (QED) is 0.788. The smallest absolute Gasteiger partial charge is 0.238 e. The van der Waals surface area contributed by atoms with Crippen molar-refractivity contribution in [2.24, 2.45) is 0 Å². The lowest BCUT2D eigenvalue weighted by Crippen LogP contribution is -2.17. The average molecular weight is 276 g/mol. The van der Waals surface area contributed by atoms with Gasteiger partial charge < -0.3 is 0 Å². The van der Waals surface area contributed by atoms with E-state index < -0.39 is 9.05 Å². The monoisotopic (exact) mass is 275 g/mol. The van der Waals surface area contributed by atoms with Crippen molar-refractivity contribution in [1.29, 1.82) is 0 Å². The first kappa shape index (κ1) is 11.5. The molecule has 7 heteroatoms. The van der Waals surface area contributed by atoms with Crippen LogP contribution in [0.5, 0.6) is 0 Å². The van der Waals surface area contributed by atoms with Crippen molar-refractivity contribution in [2.75, 3.05) is 0 Å². The zero-order valence-corrected chi connectivity index (χ0v) is 10.9. The van der Waals surface area contributed by atoms with Gasteiger partial charge in [0.15, 0.2) is 0 Å². The van der Waals surface area contributed by atoms with E-state index in [9.17, 15) is 8.42 Å². The largest absolute Gasteiger partial charge is 0.246 e. The normalized spacial score (nSPS) is 21.5. The Labute approximate surface area is 105 Å². The molecule has 0 amide bonds. The van der Waals surface area contributed by atoms with Gasteiger partial charge in [-0.3, -0.25) is 0 Å². The van der Waals surface area contributed by atoms with Crippen LogP contribution in [0.25, 0.3) is 0 Å². The van der Waals surface area contributed by atoms with Crippen LogP contribution in [0.1, 0.15) is 55.5 Å². The minimum Gasteiger partial charge on any atom is -0.246 e. The summed E-state index contributed by atoms with van der Waals surface area (Å²) in [6.07, 6.45) is 5.66. The third-order valence-electron chi connectivity index (χ3n) is 3.50. The molecule has 0 aliphatic heterocycles. The molecule has 3 rings (SSSR count). The number of hydrogen-bond acceptors (Lipinski definition) is 4. The SMILES string of the molecule is O=S(=O)(Cl)Cc1nnn(C2CC2)c1C1CCC1. The maximum Gasteiger partial charge on any atom is 0.238 e. The van der Waals surface area contributed by atoms with Crippen LogP contribution in [0.15, 0.2) is 0 Å². The second kappa shape index (κ2) is 3.95. The maximum atomic E-state index is 11.2. The molecular formula is C10H14ClN3O2S. The van der Waals surface area contributed by atoms with Crippen molar-refractivity contribution >= 4 is 19.7 Å². The van der Waals surface area contributed by atoms with Gasteiger partial charge in [0, 0.05) is 16.6 Å². The molecule has 2 fully saturated rings. The number of hydrogen-bond donors (Lipinski definition) is 0. The molecule has 5 nitrogen and oxygen atoms in total. The highest BCUT2D eigenvalue weighted by Crippen LogP contribution is 2.43. The molecule has 0 radical (unpaired) electrons. The second-order valence-corrected chi connectivity index (χ2v) is 7.69. The van der Waals surface area contributed by atoms with Gasteiger partial charge in [-0.15, -0.1) is 5.10 Å². The van der Waals surface area contributed by atoms with Crippen LogP contribution < -0.4 is 0 Å². The first-order chi connectivity index (χ1) is 8.04. The van der Waals surface area contributed by atoms with Crippen LogP contribution in [0.3, 0.4) is 0 Å². The minimum atomic E-state index is -3.55. The van der Waals surface area contributed by atoms with Gasteiger partial charge in [-0.2, -0.15) is 0 Å². The van der Waals surface area contributed by atoms with Gasteiger partial charge in [0.1, 0.15) is 11.4 Å². The number of halogens is 1. The lowest BCUT2D eigenvalue weighted by atomic mass is 9.82. The van der Waals surface area contributed by atoms with Gasteiger partial charge in [-0.1, -0.05) is 11.6 Å². The van der Waals surface area contributed by atoms with Gasteiger partial charge in [-0.25, -0.2) is 13.1 Å². The Balaban J connectivity index is 1.96. The number of rotatable bonds is 4. The van der Waals surface area contributed by atoms with E-state index in [-0.39, 0.29) is 5.75 Å². The first-order valence-corrected chi connectivity index (χ1v) is 8.39. The predicted octanol–water partition coefficient (Wildman–Crippen LogP) is 1.95. The lowest BCUT2D eigenvalue weighted by molar-refractivity contribution is 0.386.